The third kappa shape index (κ3) is 6.94. The molecule has 2 aromatic carbocycles. The summed E-state index contributed by atoms with van der Waals surface area (Å²) in [6.07, 6.45) is 4.18. The van der Waals surface area contributed by atoms with Crippen LogP contribution in [0.4, 0.5) is 17.1 Å². The van der Waals surface area contributed by atoms with Crippen molar-refractivity contribution in [3.05, 3.63) is 71.1 Å². The first-order valence-corrected chi connectivity index (χ1v) is 14.0. The Morgan fingerprint density at radius 2 is 1.26 bits per heavy atom. The van der Waals surface area contributed by atoms with Gasteiger partial charge < -0.3 is 18.2 Å². The van der Waals surface area contributed by atoms with Gasteiger partial charge >= 0.3 is 8.80 Å². The van der Waals surface area contributed by atoms with Gasteiger partial charge in [0.05, 0.1) is 15.9 Å². The Labute approximate surface area is 207 Å². The van der Waals surface area contributed by atoms with Crippen LogP contribution < -0.4 is 9.40 Å². The molecule has 0 saturated heterocycles. The molecular weight excluding hydrogens is 462 g/mol. The van der Waals surface area contributed by atoms with Crippen molar-refractivity contribution >= 4 is 53.9 Å². The minimum absolute atomic E-state index is 0.556. The van der Waals surface area contributed by atoms with Gasteiger partial charge in [0.25, 0.3) is 0 Å². The summed E-state index contributed by atoms with van der Waals surface area (Å²) in [4.78, 5) is 3.18. The van der Waals surface area contributed by atoms with Crippen molar-refractivity contribution in [3.8, 4) is 0 Å². The van der Waals surface area contributed by atoms with E-state index in [1.54, 1.807) is 11.3 Å². The second kappa shape index (κ2) is 12.7. The molecule has 8 heteroatoms. The van der Waals surface area contributed by atoms with E-state index in [1.807, 2.05) is 83.4 Å². The molecule has 0 spiro atoms. The number of thiophene rings is 1. The summed E-state index contributed by atoms with van der Waals surface area (Å²) in [7, 11) is 1.18. The van der Waals surface area contributed by atoms with Gasteiger partial charge in [-0.25, -0.2) is 0 Å². The molecule has 0 radical (unpaired) electrons. The molecule has 0 amide bonds. The average Bonchev–Trinajstić information content (AvgIpc) is 3.32. The van der Waals surface area contributed by atoms with Crippen molar-refractivity contribution in [2.75, 3.05) is 38.8 Å². The monoisotopic (exact) mass is 495 g/mol. The van der Waals surface area contributed by atoms with E-state index in [4.69, 9.17) is 13.3 Å². The second-order valence-corrected chi connectivity index (χ2v) is 11.6. The number of rotatable bonds is 12. The van der Waals surface area contributed by atoms with Crippen LogP contribution in [0.15, 0.2) is 70.9 Å². The molecule has 3 aromatic rings. The molecule has 0 aliphatic heterocycles. The summed E-state index contributed by atoms with van der Waals surface area (Å²) >= 11 is 1.65. The van der Waals surface area contributed by atoms with Crippen molar-refractivity contribution in [3.63, 3.8) is 0 Å². The van der Waals surface area contributed by atoms with Gasteiger partial charge in [0, 0.05) is 44.5 Å². The van der Waals surface area contributed by atoms with E-state index in [0.29, 0.717) is 19.8 Å². The Hall–Kier alpha value is -2.62. The van der Waals surface area contributed by atoms with Crippen LogP contribution >= 0.6 is 11.3 Å². The van der Waals surface area contributed by atoms with Crippen molar-refractivity contribution in [1.29, 1.82) is 0 Å². The van der Waals surface area contributed by atoms with Crippen LogP contribution in [-0.4, -0.2) is 42.7 Å². The predicted octanol–water partition coefficient (Wildman–Crippen LogP) is 6.66. The predicted molar refractivity (Wildman–Crippen MR) is 145 cm³/mol. The van der Waals surface area contributed by atoms with Crippen LogP contribution in [-0.2, 0) is 13.3 Å². The molecule has 34 heavy (non-hydrogen) atoms. The lowest BCUT2D eigenvalue weighted by Crippen LogP contribution is -2.55. The summed E-state index contributed by atoms with van der Waals surface area (Å²) in [5.41, 5.74) is 3.86. The van der Waals surface area contributed by atoms with Gasteiger partial charge in [0.15, 0.2) is 0 Å². The highest BCUT2D eigenvalue weighted by molar-refractivity contribution is 7.24. The van der Waals surface area contributed by atoms with Gasteiger partial charge in [0.1, 0.15) is 0 Å². The Morgan fingerprint density at radius 3 is 1.76 bits per heavy atom. The Morgan fingerprint density at radius 1 is 0.735 bits per heavy atom. The largest absolute Gasteiger partial charge is 0.547 e. The summed E-state index contributed by atoms with van der Waals surface area (Å²) in [6.45, 7) is 7.58. The molecule has 6 nitrogen and oxygen atoms in total. The smallest absolute Gasteiger partial charge is 0.378 e. The fourth-order valence-electron chi connectivity index (χ4n) is 3.28. The third-order valence-corrected chi connectivity index (χ3v) is 9.61. The van der Waals surface area contributed by atoms with Crippen LogP contribution in [0.2, 0.25) is 0 Å². The van der Waals surface area contributed by atoms with Crippen LogP contribution in [0.25, 0.3) is 12.2 Å². The van der Waals surface area contributed by atoms with E-state index < -0.39 is 8.80 Å². The van der Waals surface area contributed by atoms with Crippen molar-refractivity contribution < 1.29 is 13.3 Å². The van der Waals surface area contributed by atoms with Gasteiger partial charge in [-0.3, -0.25) is 0 Å². The van der Waals surface area contributed by atoms with E-state index in [9.17, 15) is 0 Å². The summed E-state index contributed by atoms with van der Waals surface area (Å²) in [5.74, 6) is 0. The van der Waals surface area contributed by atoms with Gasteiger partial charge in [0.2, 0.25) is 0 Å². The van der Waals surface area contributed by atoms with Crippen molar-refractivity contribution in [2.45, 2.75) is 20.8 Å². The lowest BCUT2D eigenvalue weighted by atomic mass is 10.2. The van der Waals surface area contributed by atoms with E-state index >= 15 is 0 Å². The molecule has 1 heterocycles. The quantitative estimate of drug-likeness (QED) is 0.208. The standard InChI is InChI=1S/C26H33N3O3SSi/c1-6-30-34(31-7-2,32-8-3)26-20-19-25(33-26)18-11-21-9-12-22(13-10-21)27-28-23-14-16-24(17-15-23)29(4)5/h9-20H,6-8H2,1-5H3/b18-11+,28-27+. The number of benzene rings is 2. The molecule has 0 aliphatic rings. The zero-order valence-electron chi connectivity index (χ0n) is 20.5. The van der Waals surface area contributed by atoms with Gasteiger partial charge in [-0.1, -0.05) is 18.2 Å². The van der Waals surface area contributed by atoms with E-state index in [0.717, 1.165) is 32.0 Å². The third-order valence-electron chi connectivity index (χ3n) is 4.91. The van der Waals surface area contributed by atoms with E-state index in [1.165, 1.54) is 0 Å². The van der Waals surface area contributed by atoms with Gasteiger partial charge in [-0.2, -0.15) is 10.2 Å². The highest BCUT2D eigenvalue weighted by atomic mass is 32.1. The minimum atomic E-state index is -2.85. The van der Waals surface area contributed by atoms with E-state index in [2.05, 4.69) is 39.4 Å². The maximum atomic E-state index is 6.02. The zero-order chi connectivity index (χ0) is 24.4. The first-order chi connectivity index (χ1) is 16.5. The van der Waals surface area contributed by atoms with Gasteiger partial charge in [-0.05, 0) is 80.9 Å². The lowest BCUT2D eigenvalue weighted by molar-refractivity contribution is 0.0866. The second-order valence-electron chi connectivity index (χ2n) is 7.59. The summed E-state index contributed by atoms with van der Waals surface area (Å²) in [5, 5.41) is 8.67. The first-order valence-electron chi connectivity index (χ1n) is 11.5. The van der Waals surface area contributed by atoms with Crippen LogP contribution in [0, 0.1) is 0 Å². The maximum Gasteiger partial charge on any atom is 0.547 e. The molecule has 0 saturated carbocycles. The highest BCUT2D eigenvalue weighted by Gasteiger charge is 2.44. The molecule has 1 aromatic heterocycles. The van der Waals surface area contributed by atoms with E-state index in [-0.39, 0.29) is 0 Å². The molecule has 0 aliphatic carbocycles. The molecule has 180 valence electrons. The summed E-state index contributed by atoms with van der Waals surface area (Å²) in [6, 6.07) is 20.1. The Balaban J connectivity index is 1.67. The fourth-order valence-corrected chi connectivity index (χ4v) is 7.43. The number of azo groups is 1. The summed E-state index contributed by atoms with van der Waals surface area (Å²) < 4.78 is 19.1. The molecule has 0 N–H and O–H groups in total. The number of nitrogens with zero attached hydrogens (tertiary/aromatic N) is 3. The number of hydrogen-bond acceptors (Lipinski definition) is 7. The normalized spacial score (nSPS) is 12.1. The van der Waals surface area contributed by atoms with Crippen LogP contribution in [0.3, 0.4) is 0 Å². The number of hydrogen-bond donors (Lipinski definition) is 0. The minimum Gasteiger partial charge on any atom is -0.378 e. The zero-order valence-corrected chi connectivity index (χ0v) is 22.3. The Bertz CT molecular complexity index is 1060. The Kier molecular flexibility index (Phi) is 9.73. The topological polar surface area (TPSA) is 55.6 Å². The SMILES string of the molecule is CCO[Si](OCC)(OCC)c1ccc(/C=C/c2ccc(/N=N/c3ccc(N(C)C)cc3)cc2)s1. The van der Waals surface area contributed by atoms with Crippen LogP contribution in [0.5, 0.6) is 0 Å². The van der Waals surface area contributed by atoms with Gasteiger partial charge in [-0.15, -0.1) is 11.3 Å². The molecule has 0 unspecified atom stereocenters. The number of anilines is 1. The average molecular weight is 496 g/mol. The molecule has 0 bridgehead atoms. The van der Waals surface area contributed by atoms with Crippen molar-refractivity contribution in [1.82, 2.24) is 0 Å². The highest BCUT2D eigenvalue weighted by Crippen LogP contribution is 2.23. The molecule has 0 atom stereocenters. The molecular formula is C26H33N3O3SSi. The molecule has 3 rings (SSSR count). The molecule has 0 fully saturated rings. The lowest BCUT2D eigenvalue weighted by Gasteiger charge is -2.27. The maximum absolute atomic E-state index is 6.02. The first kappa shape index (κ1) is 26.0. The fraction of sp³-hybridized carbons (Fsp3) is 0.308. The van der Waals surface area contributed by atoms with Crippen molar-refractivity contribution in [2.24, 2.45) is 10.2 Å². The van der Waals surface area contributed by atoms with Crippen LogP contribution in [0.1, 0.15) is 31.2 Å².